The highest BCUT2D eigenvalue weighted by Gasteiger charge is 2.14. The van der Waals surface area contributed by atoms with E-state index in [9.17, 15) is 4.79 Å². The number of imidazole rings is 1. The molecule has 0 amide bonds. The van der Waals surface area contributed by atoms with E-state index in [4.69, 9.17) is 23.2 Å². The number of aromatic nitrogens is 2. The van der Waals surface area contributed by atoms with Crippen molar-refractivity contribution in [3.8, 4) is 0 Å². The molecule has 0 saturated heterocycles. The van der Waals surface area contributed by atoms with Crippen molar-refractivity contribution in [3.05, 3.63) is 68.1 Å². The minimum atomic E-state index is -0.210. The fourth-order valence-corrected chi connectivity index (χ4v) is 2.75. The van der Waals surface area contributed by atoms with E-state index in [1.807, 2.05) is 37.4 Å². The number of benzene rings is 2. The van der Waals surface area contributed by atoms with Crippen molar-refractivity contribution in [1.29, 1.82) is 0 Å². The highest BCUT2D eigenvalue weighted by molar-refractivity contribution is 6.42. The second-order valence-electron chi connectivity index (χ2n) is 4.78. The number of H-pyrrole nitrogens is 2. The quantitative estimate of drug-likeness (QED) is 0.691. The third-order valence-electron chi connectivity index (χ3n) is 3.44. The van der Waals surface area contributed by atoms with E-state index in [1.165, 1.54) is 0 Å². The van der Waals surface area contributed by atoms with Gasteiger partial charge in [-0.3, -0.25) is 0 Å². The predicted molar refractivity (Wildman–Crippen MR) is 86.3 cm³/mol. The van der Waals surface area contributed by atoms with Gasteiger partial charge in [0, 0.05) is 0 Å². The molecule has 0 fully saturated rings. The lowest BCUT2D eigenvalue weighted by molar-refractivity contribution is 0.692. The molecule has 0 bridgehead atoms. The summed E-state index contributed by atoms with van der Waals surface area (Å²) in [7, 11) is 1.87. The molecule has 1 unspecified atom stereocenters. The Morgan fingerprint density at radius 2 is 1.62 bits per heavy atom. The van der Waals surface area contributed by atoms with Gasteiger partial charge in [-0.2, -0.15) is 0 Å². The molecule has 0 radical (unpaired) electrons. The van der Waals surface area contributed by atoms with Crippen LogP contribution in [0.1, 0.15) is 17.2 Å². The van der Waals surface area contributed by atoms with Crippen LogP contribution in [0.4, 0.5) is 0 Å². The first kappa shape index (κ1) is 14.2. The summed E-state index contributed by atoms with van der Waals surface area (Å²) in [5, 5.41) is 4.30. The Hall–Kier alpha value is -1.75. The Labute approximate surface area is 131 Å². The lowest BCUT2D eigenvalue weighted by Crippen LogP contribution is -2.17. The van der Waals surface area contributed by atoms with Gasteiger partial charge in [0.25, 0.3) is 0 Å². The zero-order valence-electron chi connectivity index (χ0n) is 11.2. The number of hydrogen-bond donors (Lipinski definition) is 3. The van der Waals surface area contributed by atoms with Crippen LogP contribution in [0, 0.1) is 0 Å². The highest BCUT2D eigenvalue weighted by atomic mass is 35.5. The van der Waals surface area contributed by atoms with Crippen LogP contribution in [-0.4, -0.2) is 17.0 Å². The van der Waals surface area contributed by atoms with Gasteiger partial charge in [0.2, 0.25) is 0 Å². The molecule has 108 valence electrons. The van der Waals surface area contributed by atoms with E-state index in [2.05, 4.69) is 15.3 Å². The molecule has 6 heteroatoms. The summed E-state index contributed by atoms with van der Waals surface area (Å²) >= 11 is 12.0. The van der Waals surface area contributed by atoms with Crippen LogP contribution < -0.4 is 11.0 Å². The van der Waals surface area contributed by atoms with Gasteiger partial charge in [0.15, 0.2) is 0 Å². The Kier molecular flexibility index (Phi) is 3.76. The second kappa shape index (κ2) is 5.56. The molecule has 3 N–H and O–H groups in total. The molecule has 0 spiro atoms. The highest BCUT2D eigenvalue weighted by Crippen LogP contribution is 2.29. The van der Waals surface area contributed by atoms with Gasteiger partial charge < -0.3 is 15.3 Å². The third-order valence-corrected chi connectivity index (χ3v) is 4.18. The maximum atomic E-state index is 11.3. The van der Waals surface area contributed by atoms with Crippen LogP contribution in [0.25, 0.3) is 11.0 Å². The summed E-state index contributed by atoms with van der Waals surface area (Å²) in [6.45, 7) is 0. The molecule has 3 aromatic rings. The van der Waals surface area contributed by atoms with Gasteiger partial charge in [-0.25, -0.2) is 4.79 Å². The van der Waals surface area contributed by atoms with Gasteiger partial charge in [-0.1, -0.05) is 35.3 Å². The third kappa shape index (κ3) is 2.70. The number of rotatable bonds is 3. The Balaban J connectivity index is 2.08. The molecule has 4 nitrogen and oxygen atoms in total. The Bertz CT molecular complexity index is 853. The van der Waals surface area contributed by atoms with Crippen LogP contribution >= 0.6 is 23.2 Å². The van der Waals surface area contributed by atoms with Crippen molar-refractivity contribution in [2.24, 2.45) is 0 Å². The molecular weight excluding hydrogens is 309 g/mol. The van der Waals surface area contributed by atoms with Crippen molar-refractivity contribution in [2.75, 3.05) is 7.05 Å². The average molecular weight is 322 g/mol. The molecule has 1 atom stereocenters. The molecule has 1 aromatic heterocycles. The molecule has 2 aromatic carbocycles. The number of aromatic amines is 2. The summed E-state index contributed by atoms with van der Waals surface area (Å²) in [6, 6.07) is 11.3. The smallest absolute Gasteiger partial charge is 0.309 e. The zero-order valence-corrected chi connectivity index (χ0v) is 12.7. The van der Waals surface area contributed by atoms with Gasteiger partial charge in [0.1, 0.15) is 0 Å². The van der Waals surface area contributed by atoms with Crippen LogP contribution in [0.5, 0.6) is 0 Å². The average Bonchev–Trinajstić information content (AvgIpc) is 2.83. The standard InChI is InChI=1S/C15H13Cl2N3O/c1-18-14(8-2-4-10(16)11(17)6-8)9-3-5-12-13(7-9)20-15(21)19-12/h2-7,14,18H,1H3,(H2,19,20,21). The van der Waals surface area contributed by atoms with Crippen LogP contribution in [-0.2, 0) is 0 Å². The van der Waals surface area contributed by atoms with Crippen molar-refractivity contribution < 1.29 is 0 Å². The first-order chi connectivity index (χ1) is 10.1. The largest absolute Gasteiger partial charge is 0.323 e. The van der Waals surface area contributed by atoms with Crippen LogP contribution in [0.2, 0.25) is 10.0 Å². The van der Waals surface area contributed by atoms with Gasteiger partial charge >= 0.3 is 5.69 Å². The lowest BCUT2D eigenvalue weighted by Gasteiger charge is -2.18. The van der Waals surface area contributed by atoms with E-state index in [1.54, 1.807) is 6.07 Å². The normalized spacial score (nSPS) is 12.7. The minimum absolute atomic E-state index is 0.0393. The van der Waals surface area contributed by atoms with E-state index in [0.29, 0.717) is 10.0 Å². The molecule has 0 saturated carbocycles. The lowest BCUT2D eigenvalue weighted by atomic mass is 9.98. The summed E-state index contributed by atoms with van der Waals surface area (Å²) in [6.07, 6.45) is 0. The van der Waals surface area contributed by atoms with Crippen molar-refractivity contribution in [2.45, 2.75) is 6.04 Å². The summed E-state index contributed by atoms with van der Waals surface area (Å²) in [4.78, 5) is 16.8. The first-order valence-electron chi connectivity index (χ1n) is 6.42. The zero-order chi connectivity index (χ0) is 15.0. The molecule has 1 heterocycles. The summed E-state index contributed by atoms with van der Waals surface area (Å²) < 4.78 is 0. The van der Waals surface area contributed by atoms with Gasteiger partial charge in [-0.05, 0) is 42.4 Å². The number of hydrogen-bond acceptors (Lipinski definition) is 2. The first-order valence-corrected chi connectivity index (χ1v) is 7.18. The number of fused-ring (bicyclic) bond motifs is 1. The predicted octanol–water partition coefficient (Wildman–Crippen LogP) is 3.47. The molecule has 0 aliphatic heterocycles. The van der Waals surface area contributed by atoms with Crippen molar-refractivity contribution >= 4 is 34.2 Å². The second-order valence-corrected chi connectivity index (χ2v) is 5.59. The van der Waals surface area contributed by atoms with E-state index in [-0.39, 0.29) is 11.7 Å². The van der Waals surface area contributed by atoms with Crippen molar-refractivity contribution in [1.82, 2.24) is 15.3 Å². The Morgan fingerprint density at radius 1 is 0.952 bits per heavy atom. The van der Waals surface area contributed by atoms with Gasteiger partial charge in [-0.15, -0.1) is 0 Å². The maximum Gasteiger partial charge on any atom is 0.323 e. The van der Waals surface area contributed by atoms with E-state index in [0.717, 1.165) is 22.2 Å². The molecule has 0 aliphatic carbocycles. The van der Waals surface area contributed by atoms with E-state index < -0.39 is 0 Å². The monoisotopic (exact) mass is 321 g/mol. The fraction of sp³-hybridized carbons (Fsp3) is 0.133. The van der Waals surface area contributed by atoms with Crippen molar-refractivity contribution in [3.63, 3.8) is 0 Å². The summed E-state index contributed by atoms with van der Waals surface area (Å²) in [5.41, 5.74) is 3.38. The SMILES string of the molecule is CNC(c1ccc(Cl)c(Cl)c1)c1ccc2[nH]c(=O)[nH]c2c1. The molecule has 21 heavy (non-hydrogen) atoms. The van der Waals surface area contributed by atoms with E-state index >= 15 is 0 Å². The molecule has 3 rings (SSSR count). The maximum absolute atomic E-state index is 11.3. The number of nitrogens with one attached hydrogen (secondary N) is 3. The fourth-order valence-electron chi connectivity index (χ4n) is 2.45. The topological polar surface area (TPSA) is 60.7 Å². The van der Waals surface area contributed by atoms with Crippen LogP contribution in [0.3, 0.4) is 0 Å². The minimum Gasteiger partial charge on any atom is -0.309 e. The molecule has 0 aliphatic rings. The number of halogens is 2. The van der Waals surface area contributed by atoms with Crippen LogP contribution in [0.15, 0.2) is 41.2 Å². The van der Waals surface area contributed by atoms with Gasteiger partial charge in [0.05, 0.1) is 27.1 Å². The molecular formula is C15H13Cl2N3O. The Morgan fingerprint density at radius 3 is 2.33 bits per heavy atom. The summed E-state index contributed by atoms with van der Waals surface area (Å²) in [5.74, 6) is 0.